The van der Waals surface area contributed by atoms with Crippen molar-refractivity contribution in [2.45, 2.75) is 6.92 Å². The zero-order chi connectivity index (χ0) is 9.97. The first-order chi connectivity index (χ1) is 6.79. The third kappa shape index (κ3) is 1.70. The molecule has 1 aromatic heterocycles. The van der Waals surface area contributed by atoms with Crippen LogP contribution in [0.4, 0.5) is 0 Å². The third-order valence-corrected chi connectivity index (χ3v) is 2.89. The largest absolute Gasteiger partial charge is 0.264 e. The Balaban J connectivity index is 2.61. The fraction of sp³-hybridized carbons (Fsp3) is 0.0833. The van der Waals surface area contributed by atoms with Gasteiger partial charge in [-0.2, -0.15) is 0 Å². The highest BCUT2D eigenvalue weighted by molar-refractivity contribution is 9.10. The Morgan fingerprint density at radius 2 is 1.86 bits per heavy atom. The van der Waals surface area contributed by atoms with Gasteiger partial charge in [-0.25, -0.2) is 0 Å². The van der Waals surface area contributed by atoms with Gasteiger partial charge in [0, 0.05) is 22.4 Å². The lowest BCUT2D eigenvalue weighted by molar-refractivity contribution is 1.31. The standard InChI is InChI=1S/C12H10BrN/c1-9-4-2-3-5-10(9)11-8-14-7-6-12(11)13/h2-8H,1H3. The van der Waals surface area contributed by atoms with Crippen molar-refractivity contribution >= 4 is 15.9 Å². The van der Waals surface area contributed by atoms with E-state index < -0.39 is 0 Å². The zero-order valence-electron chi connectivity index (χ0n) is 7.87. The highest BCUT2D eigenvalue weighted by atomic mass is 79.9. The normalized spacial score (nSPS) is 10.1. The smallest absolute Gasteiger partial charge is 0.0357 e. The topological polar surface area (TPSA) is 12.9 Å². The van der Waals surface area contributed by atoms with Gasteiger partial charge >= 0.3 is 0 Å². The number of rotatable bonds is 1. The van der Waals surface area contributed by atoms with Crippen LogP contribution < -0.4 is 0 Å². The summed E-state index contributed by atoms with van der Waals surface area (Å²) in [5, 5.41) is 0. The molecule has 2 rings (SSSR count). The Kier molecular flexibility index (Phi) is 2.64. The molecule has 0 aliphatic rings. The molecule has 0 bridgehead atoms. The van der Waals surface area contributed by atoms with Crippen molar-refractivity contribution in [3.63, 3.8) is 0 Å². The van der Waals surface area contributed by atoms with Crippen LogP contribution in [0.1, 0.15) is 5.56 Å². The molecule has 2 aromatic rings. The first-order valence-corrected chi connectivity index (χ1v) is 5.24. The molecule has 1 nitrogen and oxygen atoms in total. The number of aryl methyl sites for hydroxylation is 1. The Morgan fingerprint density at radius 3 is 2.57 bits per heavy atom. The van der Waals surface area contributed by atoms with E-state index in [1.807, 2.05) is 24.4 Å². The number of nitrogens with zero attached hydrogens (tertiary/aromatic N) is 1. The van der Waals surface area contributed by atoms with Crippen LogP contribution in [-0.4, -0.2) is 4.98 Å². The number of hydrogen-bond donors (Lipinski definition) is 0. The Morgan fingerprint density at radius 1 is 1.07 bits per heavy atom. The molecule has 0 amide bonds. The van der Waals surface area contributed by atoms with Gasteiger partial charge < -0.3 is 0 Å². The molecule has 2 heteroatoms. The van der Waals surface area contributed by atoms with E-state index in [0.717, 1.165) is 10.0 Å². The highest BCUT2D eigenvalue weighted by Crippen LogP contribution is 2.28. The van der Waals surface area contributed by atoms with Crippen molar-refractivity contribution in [3.05, 3.63) is 52.8 Å². The van der Waals surface area contributed by atoms with Gasteiger partial charge in [0.25, 0.3) is 0 Å². The quantitative estimate of drug-likeness (QED) is 0.747. The van der Waals surface area contributed by atoms with E-state index in [1.54, 1.807) is 6.20 Å². The van der Waals surface area contributed by atoms with Crippen molar-refractivity contribution < 1.29 is 0 Å². The molecule has 0 fully saturated rings. The van der Waals surface area contributed by atoms with E-state index >= 15 is 0 Å². The molecule has 0 saturated carbocycles. The minimum atomic E-state index is 1.09. The van der Waals surface area contributed by atoms with Crippen LogP contribution in [0.5, 0.6) is 0 Å². The van der Waals surface area contributed by atoms with Gasteiger partial charge in [-0.15, -0.1) is 0 Å². The van der Waals surface area contributed by atoms with Gasteiger partial charge in [-0.05, 0) is 24.1 Å². The van der Waals surface area contributed by atoms with Gasteiger partial charge in [-0.3, -0.25) is 4.98 Å². The maximum absolute atomic E-state index is 4.13. The molecular weight excluding hydrogens is 238 g/mol. The molecule has 0 radical (unpaired) electrons. The van der Waals surface area contributed by atoms with Crippen molar-refractivity contribution in [2.24, 2.45) is 0 Å². The lowest BCUT2D eigenvalue weighted by Gasteiger charge is -2.06. The number of halogens is 1. The molecule has 0 atom stereocenters. The molecule has 1 aromatic carbocycles. The fourth-order valence-corrected chi connectivity index (χ4v) is 1.88. The monoisotopic (exact) mass is 247 g/mol. The van der Waals surface area contributed by atoms with Crippen molar-refractivity contribution in [2.75, 3.05) is 0 Å². The lowest BCUT2D eigenvalue weighted by atomic mass is 10.0. The summed E-state index contributed by atoms with van der Waals surface area (Å²) in [4.78, 5) is 4.13. The second kappa shape index (κ2) is 3.93. The van der Waals surface area contributed by atoms with Crippen molar-refractivity contribution in [1.82, 2.24) is 4.98 Å². The number of benzene rings is 1. The van der Waals surface area contributed by atoms with Gasteiger partial charge in [0.15, 0.2) is 0 Å². The third-order valence-electron chi connectivity index (χ3n) is 2.20. The molecule has 70 valence electrons. The fourth-order valence-electron chi connectivity index (χ4n) is 1.45. The summed E-state index contributed by atoms with van der Waals surface area (Å²) in [6, 6.07) is 10.3. The maximum Gasteiger partial charge on any atom is 0.0357 e. The van der Waals surface area contributed by atoms with E-state index in [-0.39, 0.29) is 0 Å². The minimum absolute atomic E-state index is 1.09. The molecule has 0 unspecified atom stereocenters. The van der Waals surface area contributed by atoms with E-state index in [4.69, 9.17) is 0 Å². The summed E-state index contributed by atoms with van der Waals surface area (Å²) in [5.41, 5.74) is 3.64. The molecule has 0 aliphatic heterocycles. The van der Waals surface area contributed by atoms with E-state index in [9.17, 15) is 0 Å². The SMILES string of the molecule is Cc1ccccc1-c1cnccc1Br. The number of aromatic nitrogens is 1. The number of hydrogen-bond acceptors (Lipinski definition) is 1. The summed E-state index contributed by atoms with van der Waals surface area (Å²) in [5.74, 6) is 0. The van der Waals surface area contributed by atoms with Crippen molar-refractivity contribution in [1.29, 1.82) is 0 Å². The van der Waals surface area contributed by atoms with Gasteiger partial charge in [-0.1, -0.05) is 40.2 Å². The maximum atomic E-state index is 4.13. The summed E-state index contributed by atoms with van der Waals surface area (Å²) in [6.45, 7) is 2.11. The van der Waals surface area contributed by atoms with Gasteiger partial charge in [0.1, 0.15) is 0 Å². The molecular formula is C12H10BrN. The van der Waals surface area contributed by atoms with Gasteiger partial charge in [0.2, 0.25) is 0 Å². The first kappa shape index (κ1) is 9.41. The van der Waals surface area contributed by atoms with E-state index in [1.165, 1.54) is 11.1 Å². The first-order valence-electron chi connectivity index (χ1n) is 4.44. The molecule has 0 N–H and O–H groups in total. The second-order valence-electron chi connectivity index (χ2n) is 3.17. The van der Waals surface area contributed by atoms with E-state index in [2.05, 4.69) is 40.0 Å². The Labute approximate surface area is 91.9 Å². The average molecular weight is 248 g/mol. The van der Waals surface area contributed by atoms with Crippen LogP contribution in [-0.2, 0) is 0 Å². The van der Waals surface area contributed by atoms with Crippen LogP contribution in [0.2, 0.25) is 0 Å². The predicted octanol–water partition coefficient (Wildman–Crippen LogP) is 3.82. The molecule has 0 spiro atoms. The average Bonchev–Trinajstić information content (AvgIpc) is 2.20. The highest BCUT2D eigenvalue weighted by Gasteiger charge is 2.04. The van der Waals surface area contributed by atoms with Crippen LogP contribution in [0.25, 0.3) is 11.1 Å². The zero-order valence-corrected chi connectivity index (χ0v) is 9.45. The summed E-state index contributed by atoms with van der Waals surface area (Å²) >= 11 is 3.53. The predicted molar refractivity (Wildman–Crippen MR) is 62.1 cm³/mol. The summed E-state index contributed by atoms with van der Waals surface area (Å²) in [6.07, 6.45) is 3.66. The lowest BCUT2D eigenvalue weighted by Crippen LogP contribution is -1.84. The summed E-state index contributed by atoms with van der Waals surface area (Å²) in [7, 11) is 0. The van der Waals surface area contributed by atoms with Crippen LogP contribution in [0, 0.1) is 6.92 Å². The van der Waals surface area contributed by atoms with Crippen LogP contribution in [0.3, 0.4) is 0 Å². The summed E-state index contributed by atoms with van der Waals surface area (Å²) < 4.78 is 1.09. The number of pyridine rings is 1. The Bertz CT molecular complexity index is 408. The van der Waals surface area contributed by atoms with Gasteiger partial charge in [0.05, 0.1) is 0 Å². The minimum Gasteiger partial charge on any atom is -0.264 e. The molecule has 0 aliphatic carbocycles. The van der Waals surface area contributed by atoms with Crippen LogP contribution >= 0.6 is 15.9 Å². The van der Waals surface area contributed by atoms with Crippen LogP contribution in [0.15, 0.2) is 47.2 Å². The molecule has 0 saturated heterocycles. The molecule has 1 heterocycles. The van der Waals surface area contributed by atoms with Crippen molar-refractivity contribution in [3.8, 4) is 11.1 Å². The molecule has 14 heavy (non-hydrogen) atoms. The second-order valence-corrected chi connectivity index (χ2v) is 4.02. The van der Waals surface area contributed by atoms with E-state index in [0.29, 0.717) is 0 Å². The Hall–Kier alpha value is -1.15.